The zero-order valence-corrected chi connectivity index (χ0v) is 8.99. The number of methoxy groups -OCH3 is 1. The molecule has 15 heavy (non-hydrogen) atoms. The summed E-state index contributed by atoms with van der Waals surface area (Å²) in [5.41, 5.74) is 0. The first-order chi connectivity index (χ1) is 7.29. The molecule has 0 saturated carbocycles. The van der Waals surface area contributed by atoms with Crippen molar-refractivity contribution in [2.24, 2.45) is 0 Å². The Kier molecular flexibility index (Phi) is 4.77. The summed E-state index contributed by atoms with van der Waals surface area (Å²) in [4.78, 5) is 9.86. The molecule has 0 heterocycles. The third-order valence-electron chi connectivity index (χ3n) is 1.67. The first-order valence-electron chi connectivity index (χ1n) is 4.30. The van der Waals surface area contributed by atoms with Crippen LogP contribution in [0.4, 0.5) is 0 Å². The number of rotatable bonds is 6. The first-order valence-corrected chi connectivity index (χ1v) is 4.68. The molecule has 0 atom stereocenters. The van der Waals surface area contributed by atoms with E-state index in [-0.39, 0.29) is 13.2 Å². The second-order valence-corrected chi connectivity index (χ2v) is 2.97. The molecule has 0 spiro atoms. The number of halogens is 1. The Bertz CT molecular complexity index is 327. The van der Waals surface area contributed by atoms with Gasteiger partial charge in [0.25, 0.3) is 6.47 Å². The molecule has 0 fully saturated rings. The summed E-state index contributed by atoms with van der Waals surface area (Å²) >= 11 is 5.96. The summed E-state index contributed by atoms with van der Waals surface area (Å²) in [6.07, 6.45) is 0. The van der Waals surface area contributed by atoms with Crippen LogP contribution in [0.2, 0.25) is 5.02 Å². The summed E-state index contributed by atoms with van der Waals surface area (Å²) in [7, 11) is 1.53. The van der Waals surface area contributed by atoms with Crippen LogP contribution in [0.1, 0.15) is 0 Å². The van der Waals surface area contributed by atoms with Crippen molar-refractivity contribution in [3.05, 3.63) is 23.2 Å². The number of carbonyl (C=O) groups excluding carboxylic acids is 1. The highest BCUT2D eigenvalue weighted by atomic mass is 35.5. The number of hydrogen-bond acceptors (Lipinski definition) is 4. The van der Waals surface area contributed by atoms with Gasteiger partial charge in [0.15, 0.2) is 0 Å². The quantitative estimate of drug-likeness (QED) is 0.553. The molecule has 1 rings (SSSR count). The normalized spacial score (nSPS) is 9.47. The Morgan fingerprint density at radius 1 is 1.33 bits per heavy atom. The minimum Gasteiger partial charge on any atom is -0.495 e. The van der Waals surface area contributed by atoms with Crippen LogP contribution in [0.5, 0.6) is 11.5 Å². The number of benzene rings is 1. The van der Waals surface area contributed by atoms with Gasteiger partial charge in [-0.25, -0.2) is 0 Å². The van der Waals surface area contributed by atoms with Crippen LogP contribution in [-0.4, -0.2) is 26.8 Å². The van der Waals surface area contributed by atoms with Crippen LogP contribution in [0.3, 0.4) is 0 Å². The Balaban J connectivity index is 2.56. The van der Waals surface area contributed by atoms with Gasteiger partial charge >= 0.3 is 0 Å². The second kappa shape index (κ2) is 6.14. The van der Waals surface area contributed by atoms with E-state index in [1.807, 2.05) is 0 Å². The van der Waals surface area contributed by atoms with Gasteiger partial charge in [-0.15, -0.1) is 0 Å². The third-order valence-corrected chi connectivity index (χ3v) is 2.05. The van der Waals surface area contributed by atoms with Gasteiger partial charge in [0.1, 0.15) is 29.7 Å². The molecule has 0 amide bonds. The number of carbonyl (C=O) groups is 1. The number of ether oxygens (including phenoxy) is 3. The minimum absolute atomic E-state index is 0.192. The predicted molar refractivity (Wildman–Crippen MR) is 55.5 cm³/mol. The molecule has 0 saturated heterocycles. The molecule has 1 aromatic rings. The molecule has 0 aromatic heterocycles. The summed E-state index contributed by atoms with van der Waals surface area (Å²) in [6.45, 7) is 0.819. The van der Waals surface area contributed by atoms with Gasteiger partial charge in [0.2, 0.25) is 0 Å². The van der Waals surface area contributed by atoms with Gasteiger partial charge in [-0.3, -0.25) is 4.79 Å². The van der Waals surface area contributed by atoms with E-state index < -0.39 is 0 Å². The largest absolute Gasteiger partial charge is 0.495 e. The molecule has 0 aliphatic rings. The first kappa shape index (κ1) is 11.7. The zero-order chi connectivity index (χ0) is 11.1. The SMILES string of the molecule is COc1cccc(OCCOC=O)c1Cl. The molecule has 0 N–H and O–H groups in total. The Labute approximate surface area is 92.7 Å². The summed E-state index contributed by atoms with van der Waals surface area (Å²) in [5.74, 6) is 1.05. The van der Waals surface area contributed by atoms with Gasteiger partial charge in [-0.05, 0) is 12.1 Å². The summed E-state index contributed by atoms with van der Waals surface area (Å²) < 4.78 is 14.8. The highest BCUT2D eigenvalue weighted by Crippen LogP contribution is 2.33. The van der Waals surface area contributed by atoms with Gasteiger partial charge in [0, 0.05) is 0 Å². The van der Waals surface area contributed by atoms with Crippen LogP contribution in [0.25, 0.3) is 0 Å². The second-order valence-electron chi connectivity index (χ2n) is 2.59. The van der Waals surface area contributed by atoms with E-state index in [0.29, 0.717) is 23.0 Å². The van der Waals surface area contributed by atoms with Crippen molar-refractivity contribution in [2.45, 2.75) is 0 Å². The van der Waals surface area contributed by atoms with Crippen LogP contribution >= 0.6 is 11.6 Å². The lowest BCUT2D eigenvalue weighted by Gasteiger charge is -2.09. The highest BCUT2D eigenvalue weighted by molar-refractivity contribution is 6.33. The van der Waals surface area contributed by atoms with Gasteiger partial charge in [-0.2, -0.15) is 0 Å². The van der Waals surface area contributed by atoms with Crippen molar-refractivity contribution >= 4 is 18.1 Å². The standard InChI is InChI=1S/C10H11ClO4/c1-13-8-3-2-4-9(10(8)11)15-6-5-14-7-12/h2-4,7H,5-6H2,1H3. The van der Waals surface area contributed by atoms with Crippen molar-refractivity contribution in [3.63, 3.8) is 0 Å². The van der Waals surface area contributed by atoms with Crippen LogP contribution < -0.4 is 9.47 Å². The zero-order valence-electron chi connectivity index (χ0n) is 8.23. The summed E-state index contributed by atoms with van der Waals surface area (Å²) in [6, 6.07) is 5.21. The van der Waals surface area contributed by atoms with Crippen molar-refractivity contribution in [2.75, 3.05) is 20.3 Å². The van der Waals surface area contributed by atoms with Crippen molar-refractivity contribution < 1.29 is 19.0 Å². The molecule has 5 heteroatoms. The van der Waals surface area contributed by atoms with E-state index in [4.69, 9.17) is 21.1 Å². The molecule has 0 unspecified atom stereocenters. The molecular formula is C10H11ClO4. The number of hydrogen-bond donors (Lipinski definition) is 0. The molecule has 0 bridgehead atoms. The van der Waals surface area contributed by atoms with E-state index in [1.54, 1.807) is 18.2 Å². The van der Waals surface area contributed by atoms with E-state index in [1.165, 1.54) is 7.11 Å². The fraction of sp³-hybridized carbons (Fsp3) is 0.300. The maximum atomic E-state index is 9.86. The van der Waals surface area contributed by atoms with Crippen molar-refractivity contribution in [1.82, 2.24) is 0 Å². The lowest BCUT2D eigenvalue weighted by Crippen LogP contribution is -2.06. The third kappa shape index (κ3) is 3.32. The van der Waals surface area contributed by atoms with Crippen LogP contribution in [0, 0.1) is 0 Å². The molecule has 4 nitrogen and oxygen atoms in total. The smallest absolute Gasteiger partial charge is 0.293 e. The molecule has 0 radical (unpaired) electrons. The molecular weight excluding hydrogens is 220 g/mol. The summed E-state index contributed by atoms with van der Waals surface area (Å²) in [5, 5.41) is 0.408. The van der Waals surface area contributed by atoms with E-state index in [9.17, 15) is 4.79 Å². The van der Waals surface area contributed by atoms with Crippen molar-refractivity contribution in [3.8, 4) is 11.5 Å². The topological polar surface area (TPSA) is 44.8 Å². The Morgan fingerprint density at radius 3 is 2.73 bits per heavy atom. The van der Waals surface area contributed by atoms with E-state index >= 15 is 0 Å². The van der Waals surface area contributed by atoms with Gasteiger partial charge in [0.05, 0.1) is 7.11 Å². The highest BCUT2D eigenvalue weighted by Gasteiger charge is 2.06. The van der Waals surface area contributed by atoms with Crippen LogP contribution in [-0.2, 0) is 9.53 Å². The Hall–Kier alpha value is -1.42. The average molecular weight is 231 g/mol. The lowest BCUT2D eigenvalue weighted by atomic mass is 10.3. The maximum Gasteiger partial charge on any atom is 0.293 e. The molecule has 0 aliphatic heterocycles. The van der Waals surface area contributed by atoms with E-state index in [2.05, 4.69) is 4.74 Å². The monoisotopic (exact) mass is 230 g/mol. The lowest BCUT2D eigenvalue weighted by molar-refractivity contribution is -0.129. The fourth-order valence-electron chi connectivity index (χ4n) is 1.01. The fourth-order valence-corrected chi connectivity index (χ4v) is 1.27. The molecule has 82 valence electrons. The maximum absolute atomic E-state index is 9.86. The predicted octanol–water partition coefficient (Wildman–Crippen LogP) is 1.90. The molecule has 1 aromatic carbocycles. The van der Waals surface area contributed by atoms with Gasteiger partial charge < -0.3 is 14.2 Å². The minimum atomic E-state index is 0.192. The van der Waals surface area contributed by atoms with E-state index in [0.717, 1.165) is 0 Å². The molecule has 0 aliphatic carbocycles. The van der Waals surface area contributed by atoms with Gasteiger partial charge in [-0.1, -0.05) is 17.7 Å². The van der Waals surface area contributed by atoms with Crippen molar-refractivity contribution in [1.29, 1.82) is 0 Å². The Morgan fingerprint density at radius 2 is 2.07 bits per heavy atom. The average Bonchev–Trinajstić information content (AvgIpc) is 2.26. The van der Waals surface area contributed by atoms with Crippen LogP contribution in [0.15, 0.2) is 18.2 Å².